The first-order valence-electron chi connectivity index (χ1n) is 4.72. The zero-order valence-electron chi connectivity index (χ0n) is 8.64. The Morgan fingerprint density at radius 1 is 1.43 bits per heavy atom. The van der Waals surface area contributed by atoms with Crippen molar-refractivity contribution >= 4 is 15.9 Å². The van der Waals surface area contributed by atoms with Crippen LogP contribution in [0.15, 0.2) is 16.6 Å². The zero-order valence-corrected chi connectivity index (χ0v) is 10.2. The summed E-state index contributed by atoms with van der Waals surface area (Å²) < 4.78 is 6.38. The van der Waals surface area contributed by atoms with Crippen LogP contribution < -0.4 is 10.5 Å². The molecular formula is C11H16BrNO. The zero-order chi connectivity index (χ0) is 10.6. The van der Waals surface area contributed by atoms with Crippen LogP contribution in [0.1, 0.15) is 17.5 Å². The van der Waals surface area contributed by atoms with E-state index < -0.39 is 0 Å². The van der Waals surface area contributed by atoms with Crippen LogP contribution in [0.4, 0.5) is 0 Å². The van der Waals surface area contributed by atoms with Crippen molar-refractivity contribution in [3.63, 3.8) is 0 Å². The molecule has 3 heteroatoms. The minimum absolute atomic E-state index is 0.725. The van der Waals surface area contributed by atoms with Crippen LogP contribution in [0.3, 0.4) is 0 Å². The molecule has 0 aliphatic heterocycles. The Hall–Kier alpha value is -0.540. The number of halogens is 1. The number of methoxy groups -OCH3 is 1. The molecule has 0 fully saturated rings. The molecule has 0 radical (unpaired) electrons. The molecule has 0 unspecified atom stereocenters. The van der Waals surface area contributed by atoms with Gasteiger partial charge in [0.05, 0.1) is 11.6 Å². The van der Waals surface area contributed by atoms with Crippen LogP contribution in [0.5, 0.6) is 5.75 Å². The summed E-state index contributed by atoms with van der Waals surface area (Å²) in [6.07, 6.45) is 2.00. The lowest BCUT2D eigenvalue weighted by molar-refractivity contribution is 0.408. The van der Waals surface area contributed by atoms with Crippen molar-refractivity contribution in [3.8, 4) is 5.75 Å². The Kier molecular flexibility index (Phi) is 4.42. The molecule has 2 N–H and O–H groups in total. The third-order valence-corrected chi connectivity index (χ3v) is 3.10. The fraction of sp³-hybridized carbons (Fsp3) is 0.455. The van der Waals surface area contributed by atoms with E-state index in [1.807, 2.05) is 6.92 Å². The van der Waals surface area contributed by atoms with Gasteiger partial charge in [-0.05, 0) is 53.4 Å². The minimum Gasteiger partial charge on any atom is -0.495 e. The number of ether oxygens (including phenoxy) is 1. The fourth-order valence-electron chi connectivity index (χ4n) is 1.43. The Labute approximate surface area is 93.6 Å². The molecule has 0 aliphatic carbocycles. The average molecular weight is 258 g/mol. The molecule has 0 saturated carbocycles. The van der Waals surface area contributed by atoms with E-state index in [2.05, 4.69) is 28.1 Å². The summed E-state index contributed by atoms with van der Waals surface area (Å²) in [5.74, 6) is 0.930. The topological polar surface area (TPSA) is 35.2 Å². The van der Waals surface area contributed by atoms with Crippen molar-refractivity contribution in [1.29, 1.82) is 0 Å². The average Bonchev–Trinajstić information content (AvgIpc) is 2.18. The molecule has 0 bridgehead atoms. The predicted octanol–water partition coefficient (Wildman–Crippen LogP) is 2.66. The molecule has 0 amide bonds. The molecular weight excluding hydrogens is 242 g/mol. The van der Waals surface area contributed by atoms with Crippen LogP contribution in [-0.4, -0.2) is 13.7 Å². The van der Waals surface area contributed by atoms with Gasteiger partial charge in [0.25, 0.3) is 0 Å². The molecule has 14 heavy (non-hydrogen) atoms. The minimum atomic E-state index is 0.725. The van der Waals surface area contributed by atoms with Gasteiger partial charge in [0.1, 0.15) is 5.75 Å². The molecule has 1 rings (SSSR count). The Balaban J connectivity index is 2.96. The maximum Gasteiger partial charge on any atom is 0.136 e. The molecule has 1 aromatic carbocycles. The second-order valence-corrected chi connectivity index (χ2v) is 4.07. The van der Waals surface area contributed by atoms with Crippen LogP contribution in [-0.2, 0) is 6.42 Å². The van der Waals surface area contributed by atoms with Gasteiger partial charge < -0.3 is 10.5 Å². The quantitative estimate of drug-likeness (QED) is 0.901. The molecule has 0 atom stereocenters. The highest BCUT2D eigenvalue weighted by molar-refractivity contribution is 9.10. The van der Waals surface area contributed by atoms with E-state index in [4.69, 9.17) is 10.5 Å². The lowest BCUT2D eigenvalue weighted by atomic mass is 10.1. The summed E-state index contributed by atoms with van der Waals surface area (Å²) in [5, 5.41) is 0. The van der Waals surface area contributed by atoms with E-state index in [9.17, 15) is 0 Å². The largest absolute Gasteiger partial charge is 0.495 e. The fourth-order valence-corrected chi connectivity index (χ4v) is 2.23. The molecule has 78 valence electrons. The van der Waals surface area contributed by atoms with E-state index in [-0.39, 0.29) is 0 Å². The standard InChI is InChI=1S/C11H16BrNO/c1-8-5-6-9(4-3-7-13)10(12)11(8)14-2/h5-6H,3-4,7,13H2,1-2H3. The van der Waals surface area contributed by atoms with E-state index in [1.54, 1.807) is 7.11 Å². The summed E-state index contributed by atoms with van der Waals surface area (Å²) in [6, 6.07) is 4.20. The summed E-state index contributed by atoms with van der Waals surface area (Å²) in [6.45, 7) is 2.76. The van der Waals surface area contributed by atoms with Crippen molar-refractivity contribution in [2.45, 2.75) is 19.8 Å². The van der Waals surface area contributed by atoms with Crippen molar-refractivity contribution in [2.75, 3.05) is 13.7 Å². The van der Waals surface area contributed by atoms with Crippen molar-refractivity contribution in [2.24, 2.45) is 5.73 Å². The molecule has 0 saturated heterocycles. The summed E-state index contributed by atoms with van der Waals surface area (Å²) in [7, 11) is 1.69. The smallest absolute Gasteiger partial charge is 0.136 e. The number of benzene rings is 1. The highest BCUT2D eigenvalue weighted by Crippen LogP contribution is 2.32. The van der Waals surface area contributed by atoms with Gasteiger partial charge in [-0.1, -0.05) is 12.1 Å². The predicted molar refractivity (Wildman–Crippen MR) is 62.8 cm³/mol. The molecule has 0 aromatic heterocycles. The number of rotatable bonds is 4. The molecule has 0 spiro atoms. The van der Waals surface area contributed by atoms with Gasteiger partial charge in [-0.15, -0.1) is 0 Å². The SMILES string of the molecule is COc1c(C)ccc(CCCN)c1Br. The van der Waals surface area contributed by atoms with Crippen molar-refractivity contribution < 1.29 is 4.74 Å². The van der Waals surface area contributed by atoms with Gasteiger partial charge in [0.15, 0.2) is 0 Å². The third kappa shape index (κ3) is 2.49. The molecule has 2 nitrogen and oxygen atoms in total. The highest BCUT2D eigenvalue weighted by Gasteiger charge is 2.08. The molecule has 0 heterocycles. The van der Waals surface area contributed by atoms with Gasteiger partial charge in [-0.3, -0.25) is 0 Å². The maximum atomic E-state index is 5.48. The Bertz CT molecular complexity index is 312. The molecule has 1 aromatic rings. The van der Waals surface area contributed by atoms with Gasteiger partial charge in [0.2, 0.25) is 0 Å². The van der Waals surface area contributed by atoms with Gasteiger partial charge in [0, 0.05) is 0 Å². The third-order valence-electron chi connectivity index (χ3n) is 2.23. The summed E-state index contributed by atoms with van der Waals surface area (Å²) in [5.41, 5.74) is 7.89. The van der Waals surface area contributed by atoms with Gasteiger partial charge in [-0.2, -0.15) is 0 Å². The van der Waals surface area contributed by atoms with Crippen LogP contribution in [0, 0.1) is 6.92 Å². The lowest BCUT2D eigenvalue weighted by Crippen LogP contribution is -2.01. The normalized spacial score (nSPS) is 10.3. The van der Waals surface area contributed by atoms with Crippen molar-refractivity contribution in [3.05, 3.63) is 27.7 Å². The highest BCUT2D eigenvalue weighted by atomic mass is 79.9. The van der Waals surface area contributed by atoms with Crippen LogP contribution in [0.25, 0.3) is 0 Å². The first-order valence-corrected chi connectivity index (χ1v) is 5.52. The molecule has 0 aliphatic rings. The van der Waals surface area contributed by atoms with Crippen molar-refractivity contribution in [1.82, 2.24) is 0 Å². The van der Waals surface area contributed by atoms with Crippen LogP contribution in [0.2, 0.25) is 0 Å². The van der Waals surface area contributed by atoms with Gasteiger partial charge >= 0.3 is 0 Å². The summed E-state index contributed by atoms with van der Waals surface area (Å²) in [4.78, 5) is 0. The Morgan fingerprint density at radius 2 is 2.14 bits per heavy atom. The number of aryl methyl sites for hydroxylation is 2. The van der Waals surface area contributed by atoms with E-state index in [1.165, 1.54) is 5.56 Å². The second-order valence-electron chi connectivity index (χ2n) is 3.28. The number of hydrogen-bond acceptors (Lipinski definition) is 2. The first kappa shape index (κ1) is 11.5. The number of hydrogen-bond donors (Lipinski definition) is 1. The monoisotopic (exact) mass is 257 g/mol. The summed E-state index contributed by atoms with van der Waals surface area (Å²) >= 11 is 3.56. The van der Waals surface area contributed by atoms with Crippen LogP contribution >= 0.6 is 15.9 Å². The van der Waals surface area contributed by atoms with Gasteiger partial charge in [-0.25, -0.2) is 0 Å². The van der Waals surface area contributed by atoms with E-state index >= 15 is 0 Å². The Morgan fingerprint density at radius 3 is 2.71 bits per heavy atom. The lowest BCUT2D eigenvalue weighted by Gasteiger charge is -2.11. The number of nitrogens with two attached hydrogens (primary N) is 1. The van der Waals surface area contributed by atoms with E-state index in [0.29, 0.717) is 0 Å². The maximum absolute atomic E-state index is 5.48. The second kappa shape index (κ2) is 5.37. The van der Waals surface area contributed by atoms with E-state index in [0.717, 1.165) is 35.2 Å². The first-order chi connectivity index (χ1) is 6.70.